The van der Waals surface area contributed by atoms with E-state index in [1.54, 1.807) is 29.1 Å². The van der Waals surface area contributed by atoms with Gasteiger partial charge in [-0.3, -0.25) is 19.3 Å². The Morgan fingerprint density at radius 1 is 1.35 bits per heavy atom. The predicted octanol–water partition coefficient (Wildman–Crippen LogP) is 2.64. The van der Waals surface area contributed by atoms with Gasteiger partial charge in [0.15, 0.2) is 0 Å². The molecule has 0 radical (unpaired) electrons. The Morgan fingerprint density at radius 3 is 2.85 bits per heavy atom. The largest absolute Gasteiger partial charge is 0.326 e. The normalized spacial score (nSPS) is 13.9. The molecule has 4 rings (SSSR count). The molecule has 0 saturated heterocycles. The second-order valence-electron chi connectivity index (χ2n) is 6.88. The third kappa shape index (κ3) is 3.12. The minimum atomic E-state index is -0.0873. The van der Waals surface area contributed by atoms with Crippen LogP contribution in [0.15, 0.2) is 29.3 Å². The average Bonchev–Trinajstić information content (AvgIpc) is 3.40. The lowest BCUT2D eigenvalue weighted by molar-refractivity contribution is -0.116. The lowest BCUT2D eigenvalue weighted by atomic mass is 10.1. The van der Waals surface area contributed by atoms with Crippen molar-refractivity contribution in [1.29, 1.82) is 0 Å². The molecular formula is C19H21N5O2. The zero-order valence-corrected chi connectivity index (χ0v) is 14.9. The summed E-state index contributed by atoms with van der Waals surface area (Å²) in [4.78, 5) is 29.3. The fourth-order valence-electron chi connectivity index (χ4n) is 3.23. The monoisotopic (exact) mass is 351 g/mol. The standard InChI is InChI=1S/C19H21N5O2/c1-11-15(12(2)23-22-11)6-8-18(25)21-13-3-7-17-16(9-13)19(26)24(10-20-17)14-4-5-14/h3,7,9-10,14H,4-6,8H2,1-2H3,(H,21,25)(H,22,23). The number of carbonyl (C=O) groups is 1. The Kier molecular flexibility index (Phi) is 4.06. The number of aromatic amines is 1. The van der Waals surface area contributed by atoms with Crippen LogP contribution in [0.4, 0.5) is 5.69 Å². The van der Waals surface area contributed by atoms with Crippen molar-refractivity contribution in [1.82, 2.24) is 19.7 Å². The number of hydrogen-bond donors (Lipinski definition) is 2. The summed E-state index contributed by atoms with van der Waals surface area (Å²) in [5.74, 6) is -0.0873. The van der Waals surface area contributed by atoms with Crippen LogP contribution in [0.2, 0.25) is 0 Å². The Morgan fingerprint density at radius 2 is 2.15 bits per heavy atom. The molecule has 2 N–H and O–H groups in total. The molecule has 0 bridgehead atoms. The van der Waals surface area contributed by atoms with Crippen LogP contribution in [0.1, 0.15) is 42.3 Å². The van der Waals surface area contributed by atoms with Gasteiger partial charge in [-0.2, -0.15) is 5.10 Å². The molecule has 26 heavy (non-hydrogen) atoms. The van der Waals surface area contributed by atoms with Gasteiger partial charge >= 0.3 is 0 Å². The van der Waals surface area contributed by atoms with Crippen LogP contribution < -0.4 is 10.9 Å². The Balaban J connectivity index is 1.50. The second-order valence-corrected chi connectivity index (χ2v) is 6.88. The summed E-state index contributed by atoms with van der Waals surface area (Å²) in [6.07, 6.45) is 4.66. The number of fused-ring (bicyclic) bond motifs is 1. The highest BCUT2D eigenvalue weighted by molar-refractivity contribution is 5.93. The fourth-order valence-corrected chi connectivity index (χ4v) is 3.23. The molecule has 0 spiro atoms. The van der Waals surface area contributed by atoms with Crippen molar-refractivity contribution in [2.75, 3.05) is 5.32 Å². The average molecular weight is 351 g/mol. The van der Waals surface area contributed by atoms with Crippen LogP contribution in [0.5, 0.6) is 0 Å². The van der Waals surface area contributed by atoms with Gasteiger partial charge in [0.1, 0.15) is 0 Å². The molecule has 0 aliphatic heterocycles. The van der Waals surface area contributed by atoms with Crippen LogP contribution in [-0.4, -0.2) is 25.7 Å². The molecule has 7 nitrogen and oxygen atoms in total. The number of aromatic nitrogens is 4. The van der Waals surface area contributed by atoms with Crippen molar-refractivity contribution < 1.29 is 4.79 Å². The molecule has 7 heteroatoms. The number of amides is 1. The number of H-pyrrole nitrogens is 1. The minimum Gasteiger partial charge on any atom is -0.326 e. The summed E-state index contributed by atoms with van der Waals surface area (Å²) < 4.78 is 1.69. The first-order chi connectivity index (χ1) is 12.5. The van der Waals surface area contributed by atoms with E-state index in [1.165, 1.54) is 0 Å². The van der Waals surface area contributed by atoms with Gasteiger partial charge in [0.25, 0.3) is 5.56 Å². The number of anilines is 1. The molecule has 134 valence electrons. The molecule has 1 aliphatic carbocycles. The van der Waals surface area contributed by atoms with E-state index < -0.39 is 0 Å². The van der Waals surface area contributed by atoms with Crippen molar-refractivity contribution in [2.45, 2.75) is 45.6 Å². The van der Waals surface area contributed by atoms with E-state index in [9.17, 15) is 9.59 Å². The van der Waals surface area contributed by atoms with Crippen LogP contribution in [-0.2, 0) is 11.2 Å². The van der Waals surface area contributed by atoms with Crippen molar-refractivity contribution in [3.05, 3.63) is 51.8 Å². The maximum Gasteiger partial charge on any atom is 0.261 e. The highest BCUT2D eigenvalue weighted by Crippen LogP contribution is 2.33. The Bertz CT molecular complexity index is 1030. The zero-order valence-electron chi connectivity index (χ0n) is 14.9. The molecule has 0 atom stereocenters. The summed E-state index contributed by atoms with van der Waals surface area (Å²) in [6, 6.07) is 5.55. The van der Waals surface area contributed by atoms with Gasteiger partial charge in [-0.15, -0.1) is 0 Å². The highest BCUT2D eigenvalue weighted by atomic mass is 16.1. The first-order valence-electron chi connectivity index (χ1n) is 8.84. The van der Waals surface area contributed by atoms with Crippen LogP contribution in [0.3, 0.4) is 0 Å². The predicted molar refractivity (Wildman–Crippen MR) is 99.3 cm³/mol. The number of nitrogens with one attached hydrogen (secondary N) is 2. The molecule has 3 aromatic rings. The Hall–Kier alpha value is -2.96. The fraction of sp³-hybridized carbons (Fsp3) is 0.368. The molecule has 1 aliphatic rings. The number of rotatable bonds is 5. The van der Waals surface area contributed by atoms with Gasteiger partial charge in [0, 0.05) is 23.8 Å². The van der Waals surface area contributed by atoms with E-state index in [2.05, 4.69) is 20.5 Å². The van der Waals surface area contributed by atoms with Crippen molar-refractivity contribution >= 4 is 22.5 Å². The third-order valence-corrected chi connectivity index (χ3v) is 4.89. The summed E-state index contributed by atoms with van der Waals surface area (Å²) in [6.45, 7) is 3.88. The number of nitrogens with zero attached hydrogens (tertiary/aromatic N) is 3. The Labute approximate surface area is 150 Å². The number of hydrogen-bond acceptors (Lipinski definition) is 4. The summed E-state index contributed by atoms with van der Waals surface area (Å²) in [5, 5.41) is 10.5. The number of benzene rings is 1. The van der Waals surface area contributed by atoms with Gasteiger partial charge in [-0.25, -0.2) is 4.98 Å². The van der Waals surface area contributed by atoms with Crippen LogP contribution >= 0.6 is 0 Å². The molecule has 2 aromatic heterocycles. The first kappa shape index (κ1) is 16.5. The summed E-state index contributed by atoms with van der Waals surface area (Å²) >= 11 is 0. The van der Waals surface area contributed by atoms with Gasteiger partial charge in [0.2, 0.25) is 5.91 Å². The van der Waals surface area contributed by atoms with Crippen LogP contribution in [0.25, 0.3) is 10.9 Å². The SMILES string of the molecule is Cc1n[nH]c(C)c1CCC(=O)Nc1ccc2ncn(C3CC3)c(=O)c2c1. The maximum atomic E-state index is 12.6. The molecule has 1 fully saturated rings. The molecule has 1 aromatic carbocycles. The quantitative estimate of drug-likeness (QED) is 0.739. The highest BCUT2D eigenvalue weighted by Gasteiger charge is 2.25. The zero-order chi connectivity index (χ0) is 18.3. The van der Waals surface area contributed by atoms with Crippen LogP contribution in [0, 0.1) is 13.8 Å². The van der Waals surface area contributed by atoms with E-state index in [0.29, 0.717) is 29.4 Å². The van der Waals surface area contributed by atoms with E-state index >= 15 is 0 Å². The topological polar surface area (TPSA) is 92.7 Å². The molecule has 2 heterocycles. The molecule has 1 saturated carbocycles. The molecule has 1 amide bonds. The van der Waals surface area contributed by atoms with E-state index in [-0.39, 0.29) is 17.5 Å². The van der Waals surface area contributed by atoms with Gasteiger partial charge < -0.3 is 5.32 Å². The van der Waals surface area contributed by atoms with E-state index in [1.807, 2.05) is 13.8 Å². The second kappa shape index (κ2) is 6.40. The van der Waals surface area contributed by atoms with Gasteiger partial charge in [-0.1, -0.05) is 0 Å². The first-order valence-corrected chi connectivity index (χ1v) is 8.84. The van der Waals surface area contributed by atoms with E-state index in [0.717, 1.165) is 29.8 Å². The summed E-state index contributed by atoms with van der Waals surface area (Å²) in [7, 11) is 0. The number of aryl methyl sites for hydroxylation is 2. The van der Waals surface area contributed by atoms with Crippen molar-refractivity contribution in [2.24, 2.45) is 0 Å². The minimum absolute atomic E-state index is 0.0433. The lowest BCUT2D eigenvalue weighted by Gasteiger charge is -2.08. The van der Waals surface area contributed by atoms with Gasteiger partial charge in [0.05, 0.1) is 22.9 Å². The van der Waals surface area contributed by atoms with E-state index in [4.69, 9.17) is 0 Å². The molecule has 0 unspecified atom stereocenters. The smallest absolute Gasteiger partial charge is 0.261 e. The number of carbonyl (C=O) groups excluding carboxylic acids is 1. The van der Waals surface area contributed by atoms with Crippen molar-refractivity contribution in [3.63, 3.8) is 0 Å². The molecular weight excluding hydrogens is 330 g/mol. The summed E-state index contributed by atoms with van der Waals surface area (Å²) in [5.41, 5.74) is 4.22. The van der Waals surface area contributed by atoms with Gasteiger partial charge in [-0.05, 0) is 56.9 Å². The maximum absolute atomic E-state index is 12.6. The van der Waals surface area contributed by atoms with Crippen molar-refractivity contribution in [3.8, 4) is 0 Å². The third-order valence-electron chi connectivity index (χ3n) is 4.89. The lowest BCUT2D eigenvalue weighted by Crippen LogP contribution is -2.20.